The van der Waals surface area contributed by atoms with Crippen LogP contribution in [0, 0.1) is 5.82 Å². The molecule has 0 saturated heterocycles. The van der Waals surface area contributed by atoms with E-state index in [2.05, 4.69) is 10.2 Å². The molecule has 7 heteroatoms. The van der Waals surface area contributed by atoms with Gasteiger partial charge < -0.3 is 13.6 Å². The van der Waals surface area contributed by atoms with Gasteiger partial charge in [0, 0.05) is 5.56 Å². The molecule has 6 nitrogen and oxygen atoms in total. The van der Waals surface area contributed by atoms with Crippen LogP contribution in [0.4, 0.5) is 4.39 Å². The predicted molar refractivity (Wildman–Crippen MR) is 72.2 cm³/mol. The van der Waals surface area contributed by atoms with Crippen molar-refractivity contribution in [3.63, 3.8) is 0 Å². The molecular formula is C15H11FN2O4. The summed E-state index contributed by atoms with van der Waals surface area (Å²) >= 11 is 0. The molecule has 2 aromatic heterocycles. The van der Waals surface area contributed by atoms with Crippen LogP contribution in [0.25, 0.3) is 11.5 Å². The van der Waals surface area contributed by atoms with Crippen molar-refractivity contribution in [2.75, 3.05) is 0 Å². The summed E-state index contributed by atoms with van der Waals surface area (Å²) < 4.78 is 28.4. The van der Waals surface area contributed by atoms with Crippen LogP contribution in [-0.4, -0.2) is 16.2 Å². The van der Waals surface area contributed by atoms with Crippen molar-refractivity contribution in [2.45, 2.75) is 13.0 Å². The van der Waals surface area contributed by atoms with Gasteiger partial charge in [0.1, 0.15) is 5.82 Å². The second-order valence-electron chi connectivity index (χ2n) is 4.48. The Bertz CT molecular complexity index is 765. The van der Waals surface area contributed by atoms with Crippen LogP contribution < -0.4 is 0 Å². The van der Waals surface area contributed by atoms with Gasteiger partial charge in [0.15, 0.2) is 6.10 Å². The highest BCUT2D eigenvalue weighted by molar-refractivity contribution is 5.86. The minimum atomic E-state index is -0.737. The fourth-order valence-electron chi connectivity index (χ4n) is 1.77. The Morgan fingerprint density at radius 3 is 2.68 bits per heavy atom. The fraction of sp³-hybridized carbons (Fsp3) is 0.133. The van der Waals surface area contributed by atoms with E-state index in [0.29, 0.717) is 5.56 Å². The van der Waals surface area contributed by atoms with E-state index >= 15 is 0 Å². The third-order valence-corrected chi connectivity index (χ3v) is 2.89. The Balaban J connectivity index is 1.73. The lowest BCUT2D eigenvalue weighted by molar-refractivity contribution is 0.0244. The first-order chi connectivity index (χ1) is 10.6. The number of halogens is 1. The molecule has 0 N–H and O–H groups in total. The highest BCUT2D eigenvalue weighted by Gasteiger charge is 2.21. The van der Waals surface area contributed by atoms with Gasteiger partial charge in [-0.2, -0.15) is 0 Å². The summed E-state index contributed by atoms with van der Waals surface area (Å²) in [7, 11) is 0. The van der Waals surface area contributed by atoms with Crippen LogP contribution in [0.5, 0.6) is 0 Å². The first-order valence-electron chi connectivity index (χ1n) is 6.47. The Labute approximate surface area is 124 Å². The Morgan fingerprint density at radius 2 is 2.00 bits per heavy atom. The van der Waals surface area contributed by atoms with Crippen molar-refractivity contribution in [1.82, 2.24) is 10.2 Å². The lowest BCUT2D eigenvalue weighted by atomic mass is 10.2. The molecule has 0 amide bonds. The number of hydrogen-bond donors (Lipinski definition) is 0. The fourth-order valence-corrected chi connectivity index (χ4v) is 1.77. The average Bonchev–Trinajstić information content (AvgIpc) is 3.20. The summed E-state index contributed by atoms with van der Waals surface area (Å²) in [6.07, 6.45) is 0.639. The van der Waals surface area contributed by atoms with E-state index in [4.69, 9.17) is 13.6 Å². The van der Waals surface area contributed by atoms with Crippen LogP contribution in [-0.2, 0) is 4.74 Å². The number of carbonyl (C=O) groups excluding carboxylic acids is 1. The summed E-state index contributed by atoms with van der Waals surface area (Å²) in [4.78, 5) is 11.8. The van der Waals surface area contributed by atoms with Gasteiger partial charge in [-0.1, -0.05) is 0 Å². The van der Waals surface area contributed by atoms with E-state index in [1.807, 2.05) is 0 Å². The molecule has 1 atom stereocenters. The Kier molecular flexibility index (Phi) is 3.69. The van der Waals surface area contributed by atoms with Gasteiger partial charge >= 0.3 is 5.97 Å². The zero-order chi connectivity index (χ0) is 15.5. The maximum Gasteiger partial charge on any atom is 0.374 e. The van der Waals surface area contributed by atoms with Gasteiger partial charge in [-0.3, -0.25) is 0 Å². The molecule has 22 heavy (non-hydrogen) atoms. The van der Waals surface area contributed by atoms with Crippen LogP contribution in [0.3, 0.4) is 0 Å². The molecule has 0 radical (unpaired) electrons. The van der Waals surface area contributed by atoms with E-state index in [-0.39, 0.29) is 23.4 Å². The number of hydrogen-bond acceptors (Lipinski definition) is 6. The molecular weight excluding hydrogens is 291 g/mol. The number of nitrogens with zero attached hydrogens (tertiary/aromatic N) is 2. The summed E-state index contributed by atoms with van der Waals surface area (Å²) in [6, 6.07) is 8.70. The number of rotatable bonds is 4. The van der Waals surface area contributed by atoms with E-state index in [1.54, 1.807) is 13.0 Å². The molecule has 0 aliphatic carbocycles. The first-order valence-corrected chi connectivity index (χ1v) is 6.47. The Hall–Kier alpha value is -2.96. The highest BCUT2D eigenvalue weighted by atomic mass is 19.1. The number of carbonyl (C=O) groups is 1. The molecule has 0 unspecified atom stereocenters. The number of furan rings is 1. The molecule has 0 saturated carbocycles. The van der Waals surface area contributed by atoms with E-state index in [1.165, 1.54) is 36.6 Å². The van der Waals surface area contributed by atoms with E-state index in [9.17, 15) is 9.18 Å². The van der Waals surface area contributed by atoms with Gasteiger partial charge in [0.25, 0.3) is 5.89 Å². The van der Waals surface area contributed by atoms with Crippen molar-refractivity contribution in [3.8, 4) is 11.5 Å². The van der Waals surface area contributed by atoms with Crippen molar-refractivity contribution >= 4 is 5.97 Å². The molecule has 3 rings (SSSR count). The maximum atomic E-state index is 12.9. The van der Waals surface area contributed by atoms with Crippen molar-refractivity contribution in [3.05, 3.63) is 60.1 Å². The zero-order valence-electron chi connectivity index (χ0n) is 11.5. The summed E-state index contributed by atoms with van der Waals surface area (Å²) in [5.41, 5.74) is 0.574. The topological polar surface area (TPSA) is 78.4 Å². The van der Waals surface area contributed by atoms with Crippen LogP contribution in [0.2, 0.25) is 0 Å². The molecule has 0 spiro atoms. The average molecular weight is 302 g/mol. The molecule has 0 aliphatic rings. The SMILES string of the molecule is C[C@@H](OC(=O)c1ccco1)c1nnc(-c2ccc(F)cc2)o1. The monoisotopic (exact) mass is 302 g/mol. The second kappa shape index (κ2) is 5.80. The molecule has 2 heterocycles. The molecule has 0 bridgehead atoms. The van der Waals surface area contributed by atoms with Crippen LogP contribution in [0.1, 0.15) is 29.5 Å². The van der Waals surface area contributed by atoms with Gasteiger partial charge in [0.2, 0.25) is 11.7 Å². The molecule has 0 fully saturated rings. The maximum absolute atomic E-state index is 12.9. The Morgan fingerprint density at radius 1 is 1.23 bits per heavy atom. The lowest BCUT2D eigenvalue weighted by Crippen LogP contribution is -2.08. The van der Waals surface area contributed by atoms with Gasteiger partial charge in [-0.25, -0.2) is 9.18 Å². The highest BCUT2D eigenvalue weighted by Crippen LogP contribution is 2.23. The smallest absolute Gasteiger partial charge is 0.374 e. The third-order valence-electron chi connectivity index (χ3n) is 2.89. The van der Waals surface area contributed by atoms with Crippen molar-refractivity contribution in [2.24, 2.45) is 0 Å². The zero-order valence-corrected chi connectivity index (χ0v) is 11.5. The number of aromatic nitrogens is 2. The lowest BCUT2D eigenvalue weighted by Gasteiger charge is -2.07. The van der Waals surface area contributed by atoms with E-state index < -0.39 is 12.1 Å². The summed E-state index contributed by atoms with van der Waals surface area (Å²) in [6.45, 7) is 1.60. The van der Waals surface area contributed by atoms with Crippen molar-refractivity contribution in [1.29, 1.82) is 0 Å². The third kappa shape index (κ3) is 2.88. The number of ether oxygens (including phenoxy) is 1. The molecule has 3 aromatic rings. The molecule has 1 aromatic carbocycles. The van der Waals surface area contributed by atoms with Crippen molar-refractivity contribution < 1.29 is 22.8 Å². The quantitative estimate of drug-likeness (QED) is 0.687. The molecule has 112 valence electrons. The normalized spacial score (nSPS) is 12.1. The van der Waals surface area contributed by atoms with E-state index in [0.717, 1.165) is 0 Å². The second-order valence-corrected chi connectivity index (χ2v) is 4.48. The largest absolute Gasteiger partial charge is 0.457 e. The summed E-state index contributed by atoms with van der Waals surface area (Å²) in [5.74, 6) is -0.538. The number of benzene rings is 1. The minimum Gasteiger partial charge on any atom is -0.457 e. The standard InChI is InChI=1S/C15H11FN2O4/c1-9(21-15(19)12-3-2-8-20-12)13-17-18-14(22-13)10-4-6-11(16)7-5-10/h2-9H,1H3/t9-/m1/s1. The van der Waals surface area contributed by atoms with Gasteiger partial charge in [-0.15, -0.1) is 10.2 Å². The summed E-state index contributed by atoms with van der Waals surface area (Å²) in [5, 5.41) is 7.68. The van der Waals surface area contributed by atoms with Gasteiger partial charge in [0.05, 0.1) is 6.26 Å². The van der Waals surface area contributed by atoms with Crippen LogP contribution >= 0.6 is 0 Å². The minimum absolute atomic E-state index is 0.0881. The predicted octanol–water partition coefficient (Wildman–Crippen LogP) is 3.39. The van der Waals surface area contributed by atoms with Gasteiger partial charge in [-0.05, 0) is 43.3 Å². The number of esters is 1. The first kappa shape index (κ1) is 14.0. The molecule has 0 aliphatic heterocycles. The van der Waals surface area contributed by atoms with Crippen LogP contribution in [0.15, 0.2) is 51.5 Å².